The molecule has 0 spiro atoms. The first kappa shape index (κ1) is 17.1. The second-order valence-electron chi connectivity index (χ2n) is 6.20. The molecule has 0 radical (unpaired) electrons. The SMILES string of the molecule is Cc1cccc(C)c1OCCCC(=O)NCc1cc2ccccc2o1. The van der Waals surface area contributed by atoms with Crippen molar-refractivity contribution in [3.63, 3.8) is 0 Å². The van der Waals surface area contributed by atoms with Gasteiger partial charge in [0.25, 0.3) is 0 Å². The Morgan fingerprint density at radius 2 is 1.84 bits per heavy atom. The standard InChI is InChI=1S/C21H23NO3/c1-15-7-5-8-16(2)21(15)24-12-6-11-20(23)22-14-18-13-17-9-3-4-10-19(17)25-18/h3-5,7-10,13H,6,11-12,14H2,1-2H3,(H,22,23). The zero-order valence-electron chi connectivity index (χ0n) is 14.7. The van der Waals surface area contributed by atoms with Crippen LogP contribution in [0.15, 0.2) is 52.9 Å². The average Bonchev–Trinajstić information content (AvgIpc) is 3.02. The molecule has 0 atom stereocenters. The fourth-order valence-corrected chi connectivity index (χ4v) is 2.83. The highest BCUT2D eigenvalue weighted by Crippen LogP contribution is 2.22. The third-order valence-electron chi connectivity index (χ3n) is 4.14. The number of hydrogen-bond acceptors (Lipinski definition) is 3. The predicted octanol–water partition coefficient (Wildman–Crippen LogP) is 4.53. The number of carbonyl (C=O) groups is 1. The number of hydrogen-bond donors (Lipinski definition) is 1. The first-order chi connectivity index (χ1) is 12.1. The zero-order valence-corrected chi connectivity index (χ0v) is 14.7. The molecule has 130 valence electrons. The summed E-state index contributed by atoms with van der Waals surface area (Å²) in [4.78, 5) is 12.0. The van der Waals surface area contributed by atoms with Crippen LogP contribution >= 0.6 is 0 Å². The summed E-state index contributed by atoms with van der Waals surface area (Å²) in [7, 11) is 0. The smallest absolute Gasteiger partial charge is 0.220 e. The molecule has 25 heavy (non-hydrogen) atoms. The molecule has 0 unspecified atom stereocenters. The van der Waals surface area contributed by atoms with Crippen molar-refractivity contribution in [1.29, 1.82) is 0 Å². The minimum Gasteiger partial charge on any atom is -0.493 e. The summed E-state index contributed by atoms with van der Waals surface area (Å²) < 4.78 is 11.5. The molecule has 3 rings (SSSR count). The highest BCUT2D eigenvalue weighted by Gasteiger charge is 2.07. The second kappa shape index (κ2) is 7.88. The van der Waals surface area contributed by atoms with Gasteiger partial charge in [0.1, 0.15) is 17.1 Å². The van der Waals surface area contributed by atoms with E-state index >= 15 is 0 Å². The molecule has 1 amide bonds. The second-order valence-corrected chi connectivity index (χ2v) is 6.20. The van der Waals surface area contributed by atoms with E-state index in [4.69, 9.17) is 9.15 Å². The lowest BCUT2D eigenvalue weighted by atomic mass is 10.1. The van der Waals surface area contributed by atoms with Crippen molar-refractivity contribution in [2.24, 2.45) is 0 Å². The molecule has 0 aliphatic heterocycles. The first-order valence-corrected chi connectivity index (χ1v) is 8.56. The Balaban J connectivity index is 1.41. The maximum atomic E-state index is 12.0. The van der Waals surface area contributed by atoms with E-state index in [9.17, 15) is 4.79 Å². The van der Waals surface area contributed by atoms with Gasteiger partial charge in [0, 0.05) is 11.8 Å². The lowest BCUT2D eigenvalue weighted by Crippen LogP contribution is -2.22. The van der Waals surface area contributed by atoms with E-state index in [0.29, 0.717) is 26.0 Å². The number of carbonyl (C=O) groups excluding carboxylic acids is 1. The minimum atomic E-state index is 0.00515. The van der Waals surface area contributed by atoms with Crippen molar-refractivity contribution in [2.75, 3.05) is 6.61 Å². The van der Waals surface area contributed by atoms with Gasteiger partial charge < -0.3 is 14.5 Å². The maximum Gasteiger partial charge on any atom is 0.220 e. The quantitative estimate of drug-likeness (QED) is 0.645. The molecule has 1 N–H and O–H groups in total. The molecule has 0 bridgehead atoms. The van der Waals surface area contributed by atoms with Gasteiger partial charge in [-0.1, -0.05) is 36.4 Å². The molecule has 4 nitrogen and oxygen atoms in total. The molecule has 0 aliphatic carbocycles. The van der Waals surface area contributed by atoms with Crippen LogP contribution < -0.4 is 10.1 Å². The first-order valence-electron chi connectivity index (χ1n) is 8.56. The number of ether oxygens (including phenoxy) is 1. The normalized spacial score (nSPS) is 10.8. The van der Waals surface area contributed by atoms with Crippen LogP contribution in [0.4, 0.5) is 0 Å². The summed E-state index contributed by atoms with van der Waals surface area (Å²) in [5, 5.41) is 3.94. The average molecular weight is 337 g/mol. The zero-order chi connectivity index (χ0) is 17.6. The number of fused-ring (bicyclic) bond motifs is 1. The molecular formula is C21H23NO3. The van der Waals surface area contributed by atoms with Gasteiger partial charge in [0.05, 0.1) is 13.2 Å². The van der Waals surface area contributed by atoms with Gasteiger partial charge in [-0.2, -0.15) is 0 Å². The molecule has 3 aromatic rings. The van der Waals surface area contributed by atoms with Crippen LogP contribution in [-0.2, 0) is 11.3 Å². The topological polar surface area (TPSA) is 51.5 Å². The fourth-order valence-electron chi connectivity index (χ4n) is 2.83. The van der Waals surface area contributed by atoms with Crippen LogP contribution in [0.5, 0.6) is 5.75 Å². The van der Waals surface area contributed by atoms with Gasteiger partial charge in [0.2, 0.25) is 5.91 Å². The molecule has 0 saturated heterocycles. The Morgan fingerprint density at radius 3 is 2.60 bits per heavy atom. The summed E-state index contributed by atoms with van der Waals surface area (Å²) in [6, 6.07) is 15.9. The maximum absolute atomic E-state index is 12.0. The number of amides is 1. The molecule has 4 heteroatoms. The van der Waals surface area contributed by atoms with E-state index in [0.717, 1.165) is 33.6 Å². The van der Waals surface area contributed by atoms with Gasteiger partial charge in [0.15, 0.2) is 0 Å². The van der Waals surface area contributed by atoms with E-state index in [2.05, 4.69) is 5.32 Å². The molecule has 0 aliphatic rings. The molecule has 2 aromatic carbocycles. The summed E-state index contributed by atoms with van der Waals surface area (Å²) >= 11 is 0. The van der Waals surface area contributed by atoms with Gasteiger partial charge in [-0.3, -0.25) is 4.79 Å². The third-order valence-corrected chi connectivity index (χ3v) is 4.14. The molecule has 1 heterocycles. The Morgan fingerprint density at radius 1 is 1.08 bits per heavy atom. The highest BCUT2D eigenvalue weighted by atomic mass is 16.5. The van der Waals surface area contributed by atoms with Gasteiger partial charge in [-0.05, 0) is 43.5 Å². The van der Waals surface area contributed by atoms with Crippen LogP contribution in [0.1, 0.15) is 29.7 Å². The van der Waals surface area contributed by atoms with E-state index in [1.54, 1.807) is 0 Å². The van der Waals surface area contributed by atoms with Crippen molar-refractivity contribution in [3.8, 4) is 5.75 Å². The van der Waals surface area contributed by atoms with Gasteiger partial charge >= 0.3 is 0 Å². The number of nitrogens with one attached hydrogen (secondary N) is 1. The summed E-state index contributed by atoms with van der Waals surface area (Å²) in [5.74, 6) is 1.69. The monoisotopic (exact) mass is 337 g/mol. The van der Waals surface area contributed by atoms with Crippen LogP contribution in [0.3, 0.4) is 0 Å². The Bertz CT molecular complexity index is 813. The molecule has 0 fully saturated rings. The molecule has 1 aromatic heterocycles. The number of benzene rings is 2. The Hall–Kier alpha value is -2.75. The van der Waals surface area contributed by atoms with Crippen LogP contribution in [0.2, 0.25) is 0 Å². The van der Waals surface area contributed by atoms with Crippen molar-refractivity contribution in [1.82, 2.24) is 5.32 Å². The van der Waals surface area contributed by atoms with E-state index in [-0.39, 0.29) is 5.91 Å². The summed E-state index contributed by atoms with van der Waals surface area (Å²) in [5.41, 5.74) is 3.08. The van der Waals surface area contributed by atoms with E-state index < -0.39 is 0 Å². The largest absolute Gasteiger partial charge is 0.493 e. The third kappa shape index (κ3) is 4.41. The van der Waals surface area contributed by atoms with Crippen molar-refractivity contribution in [2.45, 2.75) is 33.2 Å². The molecular weight excluding hydrogens is 314 g/mol. The Kier molecular flexibility index (Phi) is 5.39. The number of para-hydroxylation sites is 2. The molecule has 0 saturated carbocycles. The summed E-state index contributed by atoms with van der Waals surface area (Å²) in [6.45, 7) is 5.00. The van der Waals surface area contributed by atoms with E-state index in [1.807, 2.05) is 62.4 Å². The van der Waals surface area contributed by atoms with Crippen LogP contribution in [0.25, 0.3) is 11.0 Å². The van der Waals surface area contributed by atoms with Crippen molar-refractivity contribution in [3.05, 3.63) is 65.4 Å². The Labute approximate surface area is 147 Å². The lowest BCUT2D eigenvalue weighted by molar-refractivity contribution is -0.121. The van der Waals surface area contributed by atoms with Crippen molar-refractivity contribution < 1.29 is 13.9 Å². The summed E-state index contributed by atoms with van der Waals surface area (Å²) in [6.07, 6.45) is 1.12. The predicted molar refractivity (Wildman–Crippen MR) is 98.7 cm³/mol. The van der Waals surface area contributed by atoms with Gasteiger partial charge in [-0.15, -0.1) is 0 Å². The van der Waals surface area contributed by atoms with Crippen LogP contribution in [0, 0.1) is 13.8 Å². The fraction of sp³-hybridized carbons (Fsp3) is 0.286. The number of furan rings is 1. The lowest BCUT2D eigenvalue weighted by Gasteiger charge is -2.11. The van der Waals surface area contributed by atoms with E-state index in [1.165, 1.54) is 0 Å². The van der Waals surface area contributed by atoms with Gasteiger partial charge in [-0.25, -0.2) is 0 Å². The van der Waals surface area contributed by atoms with Crippen LogP contribution in [-0.4, -0.2) is 12.5 Å². The minimum absolute atomic E-state index is 0.00515. The number of aryl methyl sites for hydroxylation is 2. The number of rotatable bonds is 7. The highest BCUT2D eigenvalue weighted by molar-refractivity contribution is 5.78. The van der Waals surface area contributed by atoms with Crippen molar-refractivity contribution >= 4 is 16.9 Å².